The summed E-state index contributed by atoms with van der Waals surface area (Å²) in [5.74, 6) is -0.372. The number of amides is 1. The monoisotopic (exact) mass is 394 g/mol. The first kappa shape index (κ1) is 20.7. The number of nitrogens with zero attached hydrogens (tertiary/aromatic N) is 1. The van der Waals surface area contributed by atoms with Gasteiger partial charge in [-0.2, -0.15) is 0 Å². The highest BCUT2D eigenvalue weighted by molar-refractivity contribution is 7.92. The molecule has 0 heterocycles. The fourth-order valence-corrected chi connectivity index (χ4v) is 3.31. The fraction of sp³-hybridized carbons (Fsp3) is 0.316. The van der Waals surface area contributed by atoms with Crippen molar-refractivity contribution in [1.82, 2.24) is 5.32 Å². The summed E-state index contributed by atoms with van der Waals surface area (Å²) in [6, 6.07) is 12.3. The molecule has 6 nitrogen and oxygen atoms in total. The van der Waals surface area contributed by atoms with Gasteiger partial charge in [-0.1, -0.05) is 24.3 Å². The summed E-state index contributed by atoms with van der Waals surface area (Å²) in [5.41, 5.74) is 1.07. The lowest BCUT2D eigenvalue weighted by Crippen LogP contribution is -2.45. The van der Waals surface area contributed by atoms with Crippen LogP contribution < -0.4 is 14.4 Å². The second kappa shape index (κ2) is 8.85. The summed E-state index contributed by atoms with van der Waals surface area (Å²) < 4.78 is 44.0. The zero-order valence-corrected chi connectivity index (χ0v) is 16.3. The summed E-state index contributed by atoms with van der Waals surface area (Å²) in [4.78, 5) is 12.3. The molecule has 0 radical (unpaired) electrons. The SMILES string of the molecule is Cc1ccccc1OCC(C)NC(=O)CN(c1cccc(F)c1)S(C)(=O)=O. The number of carbonyl (C=O) groups is 1. The third kappa shape index (κ3) is 6.25. The van der Waals surface area contributed by atoms with Crippen LogP contribution in [0.2, 0.25) is 0 Å². The lowest BCUT2D eigenvalue weighted by Gasteiger charge is -2.23. The largest absolute Gasteiger partial charge is 0.491 e. The smallest absolute Gasteiger partial charge is 0.241 e. The van der Waals surface area contributed by atoms with Crippen molar-refractivity contribution in [2.75, 3.05) is 23.7 Å². The number of rotatable bonds is 8. The van der Waals surface area contributed by atoms with E-state index in [-0.39, 0.29) is 18.3 Å². The minimum atomic E-state index is -3.75. The molecule has 2 aromatic carbocycles. The maximum absolute atomic E-state index is 13.4. The van der Waals surface area contributed by atoms with Gasteiger partial charge in [0.25, 0.3) is 0 Å². The molecule has 0 saturated carbocycles. The van der Waals surface area contributed by atoms with Crippen LogP contribution in [0.1, 0.15) is 12.5 Å². The molecule has 27 heavy (non-hydrogen) atoms. The third-order valence-corrected chi connectivity index (χ3v) is 4.91. The van der Waals surface area contributed by atoms with E-state index in [0.717, 1.165) is 27.9 Å². The van der Waals surface area contributed by atoms with Gasteiger partial charge in [-0.25, -0.2) is 12.8 Å². The van der Waals surface area contributed by atoms with Crippen LogP contribution in [0.3, 0.4) is 0 Å². The van der Waals surface area contributed by atoms with Crippen molar-refractivity contribution in [1.29, 1.82) is 0 Å². The van der Waals surface area contributed by atoms with Crippen LogP contribution in [0, 0.1) is 12.7 Å². The summed E-state index contributed by atoms with van der Waals surface area (Å²) >= 11 is 0. The first-order chi connectivity index (χ1) is 12.7. The van der Waals surface area contributed by atoms with E-state index in [2.05, 4.69) is 5.32 Å². The quantitative estimate of drug-likeness (QED) is 0.746. The number of para-hydroxylation sites is 1. The average molecular weight is 394 g/mol. The number of aryl methyl sites for hydroxylation is 1. The number of ether oxygens (including phenoxy) is 1. The summed E-state index contributed by atoms with van der Waals surface area (Å²) in [6.07, 6.45) is 0.968. The molecule has 1 N–H and O–H groups in total. The van der Waals surface area contributed by atoms with E-state index >= 15 is 0 Å². The molecule has 0 aromatic heterocycles. The van der Waals surface area contributed by atoms with Crippen LogP contribution in [-0.2, 0) is 14.8 Å². The van der Waals surface area contributed by atoms with Crippen molar-refractivity contribution in [3.63, 3.8) is 0 Å². The van der Waals surface area contributed by atoms with Gasteiger partial charge in [0.1, 0.15) is 24.7 Å². The van der Waals surface area contributed by atoms with Gasteiger partial charge in [0, 0.05) is 0 Å². The van der Waals surface area contributed by atoms with Crippen molar-refractivity contribution >= 4 is 21.6 Å². The van der Waals surface area contributed by atoms with Crippen LogP contribution in [0.5, 0.6) is 5.75 Å². The summed E-state index contributed by atoms with van der Waals surface area (Å²) in [7, 11) is -3.75. The number of sulfonamides is 1. The molecule has 0 saturated heterocycles. The predicted molar refractivity (Wildman–Crippen MR) is 103 cm³/mol. The molecule has 0 aliphatic heterocycles. The van der Waals surface area contributed by atoms with Crippen LogP contribution in [0.15, 0.2) is 48.5 Å². The lowest BCUT2D eigenvalue weighted by molar-refractivity contribution is -0.120. The predicted octanol–water partition coefficient (Wildman–Crippen LogP) is 2.48. The Labute approximate surface area is 159 Å². The first-order valence-electron chi connectivity index (χ1n) is 8.38. The molecule has 2 rings (SSSR count). The summed E-state index contributed by atoms with van der Waals surface area (Å²) in [6.45, 7) is 3.46. The van der Waals surface area contributed by atoms with Crippen molar-refractivity contribution in [3.8, 4) is 5.75 Å². The van der Waals surface area contributed by atoms with Gasteiger partial charge in [0.2, 0.25) is 15.9 Å². The number of carbonyl (C=O) groups excluding carboxylic acids is 1. The Morgan fingerprint density at radius 1 is 1.22 bits per heavy atom. The minimum absolute atomic E-state index is 0.0939. The third-order valence-electron chi connectivity index (χ3n) is 3.77. The second-order valence-electron chi connectivity index (χ2n) is 6.29. The van der Waals surface area contributed by atoms with Crippen LogP contribution >= 0.6 is 0 Å². The molecule has 0 spiro atoms. The zero-order valence-electron chi connectivity index (χ0n) is 15.5. The molecule has 1 amide bonds. The normalized spacial score (nSPS) is 12.3. The van der Waals surface area contributed by atoms with E-state index < -0.39 is 28.3 Å². The molecule has 2 aromatic rings. The zero-order chi connectivity index (χ0) is 20.0. The molecule has 0 fully saturated rings. The van der Waals surface area contributed by atoms with Crippen molar-refractivity contribution in [2.24, 2.45) is 0 Å². The van der Waals surface area contributed by atoms with E-state index in [1.165, 1.54) is 18.2 Å². The average Bonchev–Trinajstić information content (AvgIpc) is 2.58. The topological polar surface area (TPSA) is 75.7 Å². The number of nitrogens with one attached hydrogen (secondary N) is 1. The Hall–Kier alpha value is -2.61. The van der Waals surface area contributed by atoms with E-state index in [1.54, 1.807) is 6.92 Å². The van der Waals surface area contributed by atoms with E-state index in [4.69, 9.17) is 4.74 Å². The van der Waals surface area contributed by atoms with Crippen LogP contribution in [0.4, 0.5) is 10.1 Å². The van der Waals surface area contributed by atoms with Crippen molar-refractivity contribution in [3.05, 3.63) is 59.9 Å². The van der Waals surface area contributed by atoms with E-state index in [0.29, 0.717) is 0 Å². The minimum Gasteiger partial charge on any atom is -0.491 e. The van der Waals surface area contributed by atoms with Gasteiger partial charge in [-0.15, -0.1) is 0 Å². The molecular weight excluding hydrogens is 371 g/mol. The van der Waals surface area contributed by atoms with Crippen molar-refractivity contribution in [2.45, 2.75) is 19.9 Å². The molecule has 1 atom stereocenters. The molecular formula is C19H23FN2O4S. The Morgan fingerprint density at radius 2 is 1.93 bits per heavy atom. The lowest BCUT2D eigenvalue weighted by atomic mass is 10.2. The molecule has 0 aliphatic carbocycles. The fourth-order valence-electron chi connectivity index (χ4n) is 2.46. The second-order valence-corrected chi connectivity index (χ2v) is 8.20. The molecule has 0 aliphatic rings. The maximum Gasteiger partial charge on any atom is 0.241 e. The number of hydrogen-bond acceptors (Lipinski definition) is 4. The maximum atomic E-state index is 13.4. The highest BCUT2D eigenvalue weighted by atomic mass is 32.2. The van der Waals surface area contributed by atoms with Gasteiger partial charge < -0.3 is 10.1 Å². The molecule has 146 valence electrons. The molecule has 8 heteroatoms. The van der Waals surface area contributed by atoms with Crippen LogP contribution in [0.25, 0.3) is 0 Å². The Morgan fingerprint density at radius 3 is 2.56 bits per heavy atom. The van der Waals surface area contributed by atoms with Gasteiger partial charge in [0.05, 0.1) is 18.0 Å². The Balaban J connectivity index is 1.98. The van der Waals surface area contributed by atoms with Gasteiger partial charge in [-0.3, -0.25) is 9.10 Å². The van der Waals surface area contributed by atoms with Crippen molar-refractivity contribution < 1.29 is 22.3 Å². The van der Waals surface area contributed by atoms with E-state index in [1.807, 2.05) is 31.2 Å². The number of anilines is 1. The summed E-state index contributed by atoms with van der Waals surface area (Å²) in [5, 5.41) is 2.69. The van der Waals surface area contributed by atoms with Gasteiger partial charge >= 0.3 is 0 Å². The number of halogens is 1. The van der Waals surface area contributed by atoms with Gasteiger partial charge in [-0.05, 0) is 43.7 Å². The Bertz CT molecular complexity index is 902. The Kier molecular flexibility index (Phi) is 6.79. The first-order valence-corrected chi connectivity index (χ1v) is 10.2. The number of hydrogen-bond donors (Lipinski definition) is 1. The highest BCUT2D eigenvalue weighted by Gasteiger charge is 2.22. The molecule has 0 bridgehead atoms. The van der Waals surface area contributed by atoms with Crippen LogP contribution in [-0.4, -0.2) is 39.8 Å². The standard InChI is InChI=1S/C19H23FN2O4S/c1-14-7-4-5-10-18(14)26-13-15(2)21-19(23)12-22(27(3,24)25)17-9-6-8-16(20)11-17/h4-11,15H,12-13H2,1-3H3,(H,21,23). The highest BCUT2D eigenvalue weighted by Crippen LogP contribution is 2.18. The van der Waals surface area contributed by atoms with Gasteiger partial charge in [0.15, 0.2) is 0 Å². The molecule has 1 unspecified atom stereocenters. The van der Waals surface area contributed by atoms with E-state index in [9.17, 15) is 17.6 Å². The number of benzene rings is 2.